The van der Waals surface area contributed by atoms with E-state index < -0.39 is 11.9 Å². The van der Waals surface area contributed by atoms with Crippen molar-refractivity contribution < 1.29 is 19.4 Å². The molecule has 1 aromatic rings. The minimum atomic E-state index is -1.03. The highest BCUT2D eigenvalue weighted by Crippen LogP contribution is 2.19. The maximum atomic E-state index is 12.6. The maximum Gasteiger partial charge on any atom is 0.338 e. The molecule has 0 heterocycles. The molecule has 0 saturated carbocycles. The Labute approximate surface area is 183 Å². The van der Waals surface area contributed by atoms with Crippen molar-refractivity contribution in [1.29, 1.82) is 0 Å². The molecule has 0 bridgehead atoms. The van der Waals surface area contributed by atoms with Crippen LogP contribution in [0.5, 0.6) is 0 Å². The molecule has 0 radical (unpaired) electrons. The second-order valence-corrected chi connectivity index (χ2v) is 8.38. The third-order valence-corrected chi connectivity index (χ3v) is 5.63. The Morgan fingerprint density at radius 3 is 1.73 bits per heavy atom. The van der Waals surface area contributed by atoms with E-state index in [-0.39, 0.29) is 11.7 Å². The number of ether oxygens (including phenoxy) is 1. The molecule has 1 aromatic carbocycles. The van der Waals surface area contributed by atoms with Crippen molar-refractivity contribution in [3.63, 3.8) is 0 Å². The molecule has 30 heavy (non-hydrogen) atoms. The van der Waals surface area contributed by atoms with Gasteiger partial charge in [-0.1, -0.05) is 90.5 Å². The van der Waals surface area contributed by atoms with Crippen LogP contribution < -0.4 is 0 Å². The van der Waals surface area contributed by atoms with Crippen LogP contribution in [0.4, 0.5) is 0 Å². The molecule has 170 valence electrons. The first kappa shape index (κ1) is 26.2. The van der Waals surface area contributed by atoms with Gasteiger partial charge in [0.1, 0.15) is 6.10 Å². The molecule has 4 heteroatoms. The van der Waals surface area contributed by atoms with E-state index in [9.17, 15) is 9.59 Å². The highest BCUT2D eigenvalue weighted by Gasteiger charge is 2.17. The first-order valence-corrected chi connectivity index (χ1v) is 12.1. The first-order valence-electron chi connectivity index (χ1n) is 12.1. The largest absolute Gasteiger partial charge is 0.478 e. The lowest BCUT2D eigenvalue weighted by molar-refractivity contribution is 0.0249. The highest BCUT2D eigenvalue weighted by molar-refractivity contribution is 5.94. The van der Waals surface area contributed by atoms with E-state index in [0.29, 0.717) is 5.56 Å². The summed E-state index contributed by atoms with van der Waals surface area (Å²) in [7, 11) is 0. The highest BCUT2D eigenvalue weighted by atomic mass is 16.5. The van der Waals surface area contributed by atoms with Gasteiger partial charge in [0.05, 0.1) is 11.1 Å². The van der Waals surface area contributed by atoms with E-state index in [1.807, 2.05) is 0 Å². The number of unbranched alkanes of at least 4 members (excludes halogenated alkanes) is 11. The molecule has 1 N–H and O–H groups in total. The van der Waals surface area contributed by atoms with E-state index in [1.165, 1.54) is 82.8 Å². The molecule has 0 aliphatic heterocycles. The maximum absolute atomic E-state index is 12.6. The Kier molecular flexibility index (Phi) is 14.8. The van der Waals surface area contributed by atoms with Crippen LogP contribution in [0.15, 0.2) is 24.3 Å². The van der Waals surface area contributed by atoms with Crippen molar-refractivity contribution >= 4 is 11.9 Å². The van der Waals surface area contributed by atoms with Crippen LogP contribution in [0.3, 0.4) is 0 Å². The quantitative estimate of drug-likeness (QED) is 0.195. The second-order valence-electron chi connectivity index (χ2n) is 8.38. The lowest BCUT2D eigenvalue weighted by Crippen LogP contribution is -2.19. The topological polar surface area (TPSA) is 63.6 Å². The Balaban J connectivity index is 2.50. The number of hydrogen-bond donors (Lipinski definition) is 1. The summed E-state index contributed by atoms with van der Waals surface area (Å²) in [5.74, 6) is -1.44. The van der Waals surface area contributed by atoms with Gasteiger partial charge in [0.2, 0.25) is 0 Å². The van der Waals surface area contributed by atoms with E-state index >= 15 is 0 Å². The molecular formula is C26H42O4. The van der Waals surface area contributed by atoms with Gasteiger partial charge in [-0.05, 0) is 43.9 Å². The molecule has 4 nitrogen and oxygen atoms in total. The number of hydrogen-bond acceptors (Lipinski definition) is 3. The van der Waals surface area contributed by atoms with Gasteiger partial charge in [-0.25, -0.2) is 9.59 Å². The Hall–Kier alpha value is -1.84. The molecule has 0 saturated heterocycles. The minimum absolute atomic E-state index is 0.0761. The number of esters is 1. The van der Waals surface area contributed by atoms with Crippen LogP contribution in [0, 0.1) is 0 Å². The fourth-order valence-electron chi connectivity index (χ4n) is 3.74. The Morgan fingerprint density at radius 1 is 0.767 bits per heavy atom. The molecule has 1 atom stereocenters. The van der Waals surface area contributed by atoms with Crippen molar-refractivity contribution in [2.45, 2.75) is 116 Å². The van der Waals surface area contributed by atoms with Gasteiger partial charge >= 0.3 is 11.9 Å². The van der Waals surface area contributed by atoms with Gasteiger partial charge in [0, 0.05) is 0 Å². The average molecular weight is 419 g/mol. The number of rotatable bonds is 18. The number of carboxylic acid groups (broad SMARTS) is 1. The van der Waals surface area contributed by atoms with Crippen LogP contribution in [0.1, 0.15) is 131 Å². The first-order chi connectivity index (χ1) is 14.6. The number of benzene rings is 1. The van der Waals surface area contributed by atoms with Crippen LogP contribution in [0.2, 0.25) is 0 Å². The number of aromatic carboxylic acids is 1. The van der Waals surface area contributed by atoms with Crippen molar-refractivity contribution in [3.05, 3.63) is 35.4 Å². The van der Waals surface area contributed by atoms with Gasteiger partial charge in [-0.3, -0.25) is 0 Å². The average Bonchev–Trinajstić information content (AvgIpc) is 2.75. The molecule has 1 unspecified atom stereocenters. The SMILES string of the molecule is CCCCCCCCCC(CCCCCCCC)OC(=O)c1cccc(C(=O)O)c1. The van der Waals surface area contributed by atoms with Crippen LogP contribution in [-0.4, -0.2) is 23.1 Å². The van der Waals surface area contributed by atoms with Gasteiger partial charge in [0.25, 0.3) is 0 Å². The van der Waals surface area contributed by atoms with Crippen molar-refractivity contribution in [1.82, 2.24) is 0 Å². The van der Waals surface area contributed by atoms with Gasteiger partial charge in [-0.15, -0.1) is 0 Å². The summed E-state index contributed by atoms with van der Waals surface area (Å²) < 4.78 is 5.81. The molecule has 0 aromatic heterocycles. The Morgan fingerprint density at radius 2 is 1.23 bits per heavy atom. The van der Waals surface area contributed by atoms with Gasteiger partial charge in [-0.2, -0.15) is 0 Å². The Bertz CT molecular complexity index is 596. The summed E-state index contributed by atoms with van der Waals surface area (Å²) >= 11 is 0. The fraction of sp³-hybridized carbons (Fsp3) is 0.692. The molecule has 0 amide bonds. The molecule has 0 aliphatic rings. The van der Waals surface area contributed by atoms with Crippen molar-refractivity contribution in [2.75, 3.05) is 0 Å². The van der Waals surface area contributed by atoms with Crippen LogP contribution >= 0.6 is 0 Å². The summed E-state index contributed by atoms with van der Waals surface area (Å²) in [6, 6.07) is 6.12. The third-order valence-electron chi connectivity index (χ3n) is 5.63. The predicted octanol–water partition coefficient (Wildman–Crippen LogP) is 7.80. The lowest BCUT2D eigenvalue weighted by Gasteiger charge is -2.18. The summed E-state index contributed by atoms with van der Waals surface area (Å²) in [6.45, 7) is 4.45. The lowest BCUT2D eigenvalue weighted by atomic mass is 10.0. The predicted molar refractivity (Wildman–Crippen MR) is 123 cm³/mol. The van der Waals surface area contributed by atoms with E-state index in [4.69, 9.17) is 9.84 Å². The number of carboxylic acids is 1. The van der Waals surface area contributed by atoms with Gasteiger partial charge in [0.15, 0.2) is 0 Å². The standard InChI is InChI=1S/C26H42O4/c1-3-5-7-9-11-13-15-20-24(19-14-12-10-8-6-4-2)30-26(29)23-18-16-17-22(21-23)25(27)28/h16-18,21,24H,3-15,19-20H2,1-2H3,(H,27,28). The van der Waals surface area contributed by atoms with E-state index in [0.717, 1.165) is 25.7 Å². The van der Waals surface area contributed by atoms with Crippen molar-refractivity contribution in [2.24, 2.45) is 0 Å². The van der Waals surface area contributed by atoms with Crippen LogP contribution in [0.25, 0.3) is 0 Å². The molecule has 0 aliphatic carbocycles. The monoisotopic (exact) mass is 418 g/mol. The number of carbonyl (C=O) groups excluding carboxylic acids is 1. The van der Waals surface area contributed by atoms with E-state index in [2.05, 4.69) is 13.8 Å². The number of carbonyl (C=O) groups is 2. The zero-order valence-corrected chi connectivity index (χ0v) is 19.2. The third kappa shape index (κ3) is 12.0. The second kappa shape index (κ2) is 16.9. The van der Waals surface area contributed by atoms with E-state index in [1.54, 1.807) is 12.1 Å². The minimum Gasteiger partial charge on any atom is -0.478 e. The summed E-state index contributed by atoms with van der Waals surface area (Å²) in [5.41, 5.74) is 0.436. The van der Waals surface area contributed by atoms with Crippen molar-refractivity contribution in [3.8, 4) is 0 Å². The fourth-order valence-corrected chi connectivity index (χ4v) is 3.74. The molecule has 0 spiro atoms. The normalized spacial score (nSPS) is 11.9. The molecular weight excluding hydrogens is 376 g/mol. The zero-order valence-electron chi connectivity index (χ0n) is 19.2. The molecule has 1 rings (SSSR count). The molecule has 0 fully saturated rings. The summed E-state index contributed by atoms with van der Waals surface area (Å²) in [4.78, 5) is 23.8. The zero-order chi connectivity index (χ0) is 22.0. The smallest absolute Gasteiger partial charge is 0.338 e. The summed E-state index contributed by atoms with van der Waals surface area (Å²) in [5, 5.41) is 9.15. The van der Waals surface area contributed by atoms with Gasteiger partial charge < -0.3 is 9.84 Å². The summed E-state index contributed by atoms with van der Waals surface area (Å²) in [6.07, 6.45) is 17.7. The van der Waals surface area contributed by atoms with Crippen LogP contribution in [-0.2, 0) is 4.74 Å².